The van der Waals surface area contributed by atoms with Gasteiger partial charge >= 0.3 is 0 Å². The number of halogens is 1. The largest absolute Gasteiger partial charge is 0.294 e. The van der Waals surface area contributed by atoms with Crippen molar-refractivity contribution in [1.82, 2.24) is 0 Å². The minimum atomic E-state index is 0.224. The number of hydrogen-bond acceptors (Lipinski definition) is 1. The van der Waals surface area contributed by atoms with Crippen molar-refractivity contribution in [3.05, 3.63) is 52.5 Å². The van der Waals surface area contributed by atoms with Crippen LogP contribution >= 0.6 is 15.9 Å². The summed E-state index contributed by atoms with van der Waals surface area (Å²) in [4.78, 5) is 11.8. The van der Waals surface area contributed by atoms with Crippen LogP contribution in [0.2, 0.25) is 0 Å². The van der Waals surface area contributed by atoms with Crippen LogP contribution in [-0.2, 0) is 4.79 Å². The van der Waals surface area contributed by atoms with E-state index < -0.39 is 0 Å². The molecule has 1 aliphatic carbocycles. The van der Waals surface area contributed by atoms with Gasteiger partial charge in [0.05, 0.1) is 0 Å². The van der Waals surface area contributed by atoms with Crippen LogP contribution in [-0.4, -0.2) is 5.78 Å². The first-order chi connectivity index (χ1) is 7.27. The van der Waals surface area contributed by atoms with Gasteiger partial charge in [-0.3, -0.25) is 4.79 Å². The summed E-state index contributed by atoms with van der Waals surface area (Å²) in [7, 11) is 0. The minimum absolute atomic E-state index is 0.224. The maximum absolute atomic E-state index is 11.8. The van der Waals surface area contributed by atoms with Crippen molar-refractivity contribution in [3.63, 3.8) is 0 Å². The second-order valence-electron chi connectivity index (χ2n) is 3.48. The van der Waals surface area contributed by atoms with Crippen LogP contribution in [0.3, 0.4) is 0 Å². The van der Waals surface area contributed by atoms with Gasteiger partial charge in [-0.25, -0.2) is 0 Å². The van der Waals surface area contributed by atoms with E-state index in [2.05, 4.69) is 15.9 Å². The molecule has 1 aromatic rings. The number of carbonyl (C=O) groups excluding carboxylic acids is 1. The van der Waals surface area contributed by atoms with E-state index in [0.29, 0.717) is 6.42 Å². The Labute approximate surface area is 97.6 Å². The Morgan fingerprint density at radius 1 is 1.13 bits per heavy atom. The van der Waals surface area contributed by atoms with Crippen molar-refractivity contribution in [1.29, 1.82) is 0 Å². The Morgan fingerprint density at radius 3 is 2.60 bits per heavy atom. The van der Waals surface area contributed by atoms with Crippen molar-refractivity contribution < 1.29 is 4.79 Å². The quantitative estimate of drug-likeness (QED) is 0.754. The summed E-state index contributed by atoms with van der Waals surface area (Å²) in [5.41, 5.74) is 1.81. The third kappa shape index (κ3) is 2.45. The molecule has 0 aliphatic heterocycles. The molecule has 2 heteroatoms. The molecule has 1 aromatic carbocycles. The molecule has 0 fully saturated rings. The molecule has 15 heavy (non-hydrogen) atoms. The fourth-order valence-electron chi connectivity index (χ4n) is 1.59. The van der Waals surface area contributed by atoms with Crippen LogP contribution < -0.4 is 0 Å². The molecule has 1 nitrogen and oxygen atoms in total. The lowest BCUT2D eigenvalue weighted by atomic mass is 10.0. The van der Waals surface area contributed by atoms with E-state index in [4.69, 9.17) is 0 Å². The van der Waals surface area contributed by atoms with E-state index in [1.807, 2.05) is 42.5 Å². The molecule has 2 rings (SSSR count). The maximum Gasteiger partial charge on any atom is 0.163 e. The molecular formula is C13H11BrO. The first kappa shape index (κ1) is 10.4. The highest BCUT2D eigenvalue weighted by atomic mass is 79.9. The molecule has 0 aromatic heterocycles. The first-order valence-corrected chi connectivity index (χ1v) is 5.72. The molecule has 0 N–H and O–H groups in total. The van der Waals surface area contributed by atoms with E-state index in [1.54, 1.807) is 0 Å². The molecule has 1 aliphatic rings. The highest BCUT2D eigenvalue weighted by Crippen LogP contribution is 2.22. The van der Waals surface area contributed by atoms with Crippen molar-refractivity contribution in [2.24, 2.45) is 0 Å². The van der Waals surface area contributed by atoms with Gasteiger partial charge in [0.25, 0.3) is 0 Å². The summed E-state index contributed by atoms with van der Waals surface area (Å²) < 4.78 is 1.03. The average Bonchev–Trinajstić information content (AvgIpc) is 2.44. The number of carbonyl (C=O) groups is 1. The molecule has 0 saturated heterocycles. The standard InChI is InChI=1S/C13H11BrO/c14-11-8-6-10(7-9-11)12-4-2-1-3-5-13(12)15/h1-2,4,6-9H,3,5H2. The van der Waals surface area contributed by atoms with Gasteiger partial charge in [-0.1, -0.05) is 46.3 Å². The van der Waals surface area contributed by atoms with Gasteiger partial charge in [-0.05, 0) is 24.1 Å². The topological polar surface area (TPSA) is 17.1 Å². The Kier molecular flexibility index (Phi) is 3.17. The van der Waals surface area contributed by atoms with Gasteiger partial charge in [0.2, 0.25) is 0 Å². The number of hydrogen-bond donors (Lipinski definition) is 0. The van der Waals surface area contributed by atoms with Gasteiger partial charge in [0.1, 0.15) is 0 Å². The summed E-state index contributed by atoms with van der Waals surface area (Å²) >= 11 is 3.38. The molecule has 0 radical (unpaired) electrons. The smallest absolute Gasteiger partial charge is 0.163 e. The number of benzene rings is 1. The van der Waals surface area contributed by atoms with Crippen molar-refractivity contribution in [2.75, 3.05) is 0 Å². The molecule has 0 saturated carbocycles. The van der Waals surface area contributed by atoms with Crippen molar-refractivity contribution in [3.8, 4) is 0 Å². The molecular weight excluding hydrogens is 252 g/mol. The second kappa shape index (κ2) is 4.58. The minimum Gasteiger partial charge on any atom is -0.294 e. The van der Waals surface area contributed by atoms with Gasteiger partial charge in [-0.2, -0.15) is 0 Å². The molecule has 0 unspecified atom stereocenters. The lowest BCUT2D eigenvalue weighted by Crippen LogP contribution is -1.99. The second-order valence-corrected chi connectivity index (χ2v) is 4.39. The number of allylic oxidation sites excluding steroid dienone is 4. The lowest BCUT2D eigenvalue weighted by Gasteiger charge is -2.04. The first-order valence-electron chi connectivity index (χ1n) is 4.93. The summed E-state index contributed by atoms with van der Waals surface area (Å²) in [6.45, 7) is 0. The predicted octanol–water partition coefficient (Wildman–Crippen LogP) is 3.75. The van der Waals surface area contributed by atoms with E-state index >= 15 is 0 Å². The normalized spacial score (nSPS) is 16.1. The van der Waals surface area contributed by atoms with Crippen LogP contribution in [0.4, 0.5) is 0 Å². The summed E-state index contributed by atoms with van der Waals surface area (Å²) in [6, 6.07) is 7.84. The van der Waals surface area contributed by atoms with Crippen molar-refractivity contribution >= 4 is 27.3 Å². The molecule has 0 atom stereocenters. The number of Topliss-reactive ketones (excluding diaryl/α,β-unsaturated/α-hetero) is 1. The van der Waals surface area contributed by atoms with Crippen molar-refractivity contribution in [2.45, 2.75) is 12.8 Å². The SMILES string of the molecule is O=C1CCC=CC=C1c1ccc(Br)cc1. The molecule has 0 bridgehead atoms. The number of rotatable bonds is 1. The average molecular weight is 263 g/mol. The zero-order chi connectivity index (χ0) is 10.7. The third-order valence-electron chi connectivity index (χ3n) is 2.39. The van der Waals surface area contributed by atoms with Crippen LogP contribution in [0.1, 0.15) is 18.4 Å². The van der Waals surface area contributed by atoms with Crippen LogP contribution in [0.25, 0.3) is 5.57 Å². The highest BCUT2D eigenvalue weighted by molar-refractivity contribution is 9.10. The Hall–Kier alpha value is -1.15. The van der Waals surface area contributed by atoms with E-state index in [0.717, 1.165) is 22.0 Å². The Bertz CT molecular complexity index is 426. The van der Waals surface area contributed by atoms with Crippen LogP contribution in [0, 0.1) is 0 Å². The van der Waals surface area contributed by atoms with Crippen LogP contribution in [0.15, 0.2) is 47.0 Å². The third-order valence-corrected chi connectivity index (χ3v) is 2.92. The van der Waals surface area contributed by atoms with E-state index in [1.165, 1.54) is 0 Å². The monoisotopic (exact) mass is 262 g/mol. The Morgan fingerprint density at radius 2 is 1.87 bits per heavy atom. The van der Waals surface area contributed by atoms with Crippen LogP contribution in [0.5, 0.6) is 0 Å². The molecule has 76 valence electrons. The van der Waals surface area contributed by atoms with Gasteiger partial charge in [0.15, 0.2) is 5.78 Å². The van der Waals surface area contributed by atoms with E-state index in [-0.39, 0.29) is 5.78 Å². The number of ketones is 1. The molecule has 0 heterocycles. The summed E-state index contributed by atoms with van der Waals surface area (Å²) in [6.07, 6.45) is 7.35. The molecule has 0 amide bonds. The lowest BCUT2D eigenvalue weighted by molar-refractivity contribution is -0.113. The van der Waals surface area contributed by atoms with Gasteiger partial charge in [0, 0.05) is 16.5 Å². The zero-order valence-corrected chi connectivity index (χ0v) is 9.83. The van der Waals surface area contributed by atoms with Gasteiger partial charge < -0.3 is 0 Å². The fourth-order valence-corrected chi connectivity index (χ4v) is 1.85. The fraction of sp³-hybridized carbons (Fsp3) is 0.154. The molecule has 0 spiro atoms. The highest BCUT2D eigenvalue weighted by Gasteiger charge is 2.11. The van der Waals surface area contributed by atoms with E-state index in [9.17, 15) is 4.79 Å². The Balaban J connectivity index is 2.36. The summed E-state index contributed by atoms with van der Waals surface area (Å²) in [5, 5.41) is 0. The zero-order valence-electron chi connectivity index (χ0n) is 8.24. The maximum atomic E-state index is 11.8. The van der Waals surface area contributed by atoms with Gasteiger partial charge in [-0.15, -0.1) is 0 Å². The summed E-state index contributed by atoms with van der Waals surface area (Å²) in [5.74, 6) is 0.224. The predicted molar refractivity (Wildman–Crippen MR) is 65.5 cm³/mol.